The van der Waals surface area contributed by atoms with E-state index < -0.39 is 0 Å². The Labute approximate surface area is 70.7 Å². The van der Waals surface area contributed by atoms with Crippen molar-refractivity contribution >= 4 is 6.21 Å². The number of nitrogens with zero attached hydrogens (tertiary/aromatic N) is 1. The number of methoxy groups -OCH3 is 1. The van der Waals surface area contributed by atoms with Crippen molar-refractivity contribution in [3.05, 3.63) is 29.6 Å². The maximum atomic E-state index is 12.6. The second-order valence-corrected chi connectivity index (χ2v) is 2.27. The molecule has 0 aliphatic heterocycles. The molecule has 0 aliphatic rings. The summed E-state index contributed by atoms with van der Waals surface area (Å²) in [4.78, 5) is 3.82. The third kappa shape index (κ3) is 1.81. The van der Waals surface area contributed by atoms with E-state index in [-0.39, 0.29) is 5.82 Å². The number of benzene rings is 1. The number of rotatable bonds is 2. The van der Waals surface area contributed by atoms with Crippen LogP contribution in [0.15, 0.2) is 23.2 Å². The third-order valence-corrected chi connectivity index (χ3v) is 1.46. The van der Waals surface area contributed by atoms with Crippen molar-refractivity contribution in [3.63, 3.8) is 0 Å². The molecule has 12 heavy (non-hydrogen) atoms. The molecule has 0 unspecified atom stereocenters. The second-order valence-electron chi connectivity index (χ2n) is 2.27. The molecule has 1 aromatic carbocycles. The number of halogens is 1. The van der Waals surface area contributed by atoms with E-state index in [1.54, 1.807) is 19.3 Å². The Hall–Kier alpha value is -1.38. The summed E-state index contributed by atoms with van der Waals surface area (Å²) in [5.74, 6) is 0.195. The van der Waals surface area contributed by atoms with Crippen LogP contribution >= 0.6 is 0 Å². The van der Waals surface area contributed by atoms with Gasteiger partial charge in [-0.25, -0.2) is 4.39 Å². The van der Waals surface area contributed by atoms with Gasteiger partial charge < -0.3 is 4.74 Å². The summed E-state index contributed by atoms with van der Waals surface area (Å²) in [5, 5.41) is 0. The Bertz CT molecular complexity index is 297. The van der Waals surface area contributed by atoms with E-state index in [1.807, 2.05) is 0 Å². The number of aliphatic imine (C=N–C) groups is 1. The fourth-order valence-corrected chi connectivity index (χ4v) is 0.931. The highest BCUT2D eigenvalue weighted by Gasteiger charge is 2.00. The van der Waals surface area contributed by atoms with Crippen LogP contribution in [0.25, 0.3) is 0 Å². The van der Waals surface area contributed by atoms with Crippen LogP contribution in [0.3, 0.4) is 0 Å². The van der Waals surface area contributed by atoms with Crippen molar-refractivity contribution in [2.24, 2.45) is 4.99 Å². The molecule has 0 saturated carbocycles. The highest BCUT2D eigenvalue weighted by Crippen LogP contribution is 2.17. The number of ether oxygens (including phenoxy) is 1. The lowest BCUT2D eigenvalue weighted by Gasteiger charge is -2.02. The number of hydrogen-bond acceptors (Lipinski definition) is 2. The molecule has 1 aromatic rings. The van der Waals surface area contributed by atoms with Crippen LogP contribution in [0, 0.1) is 5.82 Å². The van der Waals surface area contributed by atoms with Gasteiger partial charge in [-0.2, -0.15) is 0 Å². The molecular weight excluding hydrogens is 157 g/mol. The van der Waals surface area contributed by atoms with E-state index in [9.17, 15) is 4.39 Å². The Kier molecular flexibility index (Phi) is 2.80. The minimum Gasteiger partial charge on any atom is -0.496 e. The van der Waals surface area contributed by atoms with Gasteiger partial charge >= 0.3 is 0 Å². The van der Waals surface area contributed by atoms with Gasteiger partial charge in [0.25, 0.3) is 0 Å². The van der Waals surface area contributed by atoms with Gasteiger partial charge in [0.05, 0.1) is 7.11 Å². The fraction of sp³-hybridized carbons (Fsp3) is 0.222. The molecule has 0 aliphatic carbocycles. The molecule has 64 valence electrons. The van der Waals surface area contributed by atoms with Gasteiger partial charge in [-0.1, -0.05) is 0 Å². The van der Waals surface area contributed by atoms with Gasteiger partial charge in [-0.15, -0.1) is 0 Å². The monoisotopic (exact) mass is 167 g/mol. The summed E-state index contributed by atoms with van der Waals surface area (Å²) in [6.45, 7) is 0. The van der Waals surface area contributed by atoms with E-state index in [2.05, 4.69) is 4.99 Å². The fourth-order valence-electron chi connectivity index (χ4n) is 0.931. The lowest BCUT2D eigenvalue weighted by atomic mass is 10.2. The Morgan fingerprint density at radius 1 is 1.50 bits per heavy atom. The molecule has 0 radical (unpaired) electrons. The summed E-state index contributed by atoms with van der Waals surface area (Å²) in [6.07, 6.45) is 1.62. The van der Waals surface area contributed by atoms with Crippen LogP contribution in [0.2, 0.25) is 0 Å². The second kappa shape index (κ2) is 3.85. The molecule has 0 bridgehead atoms. The first-order valence-electron chi connectivity index (χ1n) is 3.53. The summed E-state index contributed by atoms with van der Waals surface area (Å²) < 4.78 is 17.6. The molecular formula is C9H10FNO. The molecule has 0 heterocycles. The quantitative estimate of drug-likeness (QED) is 0.616. The third-order valence-electron chi connectivity index (χ3n) is 1.46. The van der Waals surface area contributed by atoms with E-state index in [0.29, 0.717) is 5.75 Å². The SMILES string of the molecule is CN=Cc1ccc(F)cc1OC. The van der Waals surface area contributed by atoms with Crippen molar-refractivity contribution in [2.75, 3.05) is 14.2 Å². The van der Waals surface area contributed by atoms with Crippen LogP contribution < -0.4 is 4.74 Å². The van der Waals surface area contributed by atoms with Crippen molar-refractivity contribution in [1.82, 2.24) is 0 Å². The molecule has 0 N–H and O–H groups in total. The minimum atomic E-state index is -0.305. The van der Waals surface area contributed by atoms with Crippen LogP contribution in [0.4, 0.5) is 4.39 Å². The van der Waals surface area contributed by atoms with Gasteiger partial charge in [0, 0.05) is 24.9 Å². The minimum absolute atomic E-state index is 0.305. The van der Waals surface area contributed by atoms with Gasteiger partial charge in [-0.3, -0.25) is 4.99 Å². The molecule has 0 atom stereocenters. The van der Waals surface area contributed by atoms with Crippen LogP contribution in [0.1, 0.15) is 5.56 Å². The van der Waals surface area contributed by atoms with Crippen molar-refractivity contribution in [1.29, 1.82) is 0 Å². The van der Waals surface area contributed by atoms with Crippen molar-refractivity contribution in [2.45, 2.75) is 0 Å². The molecule has 0 saturated heterocycles. The largest absolute Gasteiger partial charge is 0.496 e. The summed E-state index contributed by atoms with van der Waals surface area (Å²) >= 11 is 0. The van der Waals surface area contributed by atoms with Gasteiger partial charge in [0.15, 0.2) is 0 Å². The molecule has 3 heteroatoms. The van der Waals surface area contributed by atoms with Crippen molar-refractivity contribution < 1.29 is 9.13 Å². The average Bonchev–Trinajstić information content (AvgIpc) is 2.08. The van der Waals surface area contributed by atoms with Crippen LogP contribution in [-0.4, -0.2) is 20.4 Å². The maximum Gasteiger partial charge on any atom is 0.130 e. The average molecular weight is 167 g/mol. The van der Waals surface area contributed by atoms with Crippen LogP contribution in [-0.2, 0) is 0 Å². The Morgan fingerprint density at radius 2 is 2.25 bits per heavy atom. The molecule has 0 aromatic heterocycles. The van der Waals surface area contributed by atoms with Gasteiger partial charge in [0.2, 0.25) is 0 Å². The molecule has 1 rings (SSSR count). The lowest BCUT2D eigenvalue weighted by molar-refractivity contribution is 0.410. The lowest BCUT2D eigenvalue weighted by Crippen LogP contribution is -1.91. The van der Waals surface area contributed by atoms with E-state index in [4.69, 9.17) is 4.74 Å². The summed E-state index contributed by atoms with van der Waals surface area (Å²) in [7, 11) is 3.16. The predicted molar refractivity (Wildman–Crippen MR) is 46.5 cm³/mol. The highest BCUT2D eigenvalue weighted by atomic mass is 19.1. The van der Waals surface area contributed by atoms with E-state index in [1.165, 1.54) is 19.2 Å². The maximum absolute atomic E-state index is 12.6. The zero-order valence-corrected chi connectivity index (χ0v) is 7.04. The molecule has 0 spiro atoms. The Balaban J connectivity index is 3.10. The predicted octanol–water partition coefficient (Wildman–Crippen LogP) is 1.88. The van der Waals surface area contributed by atoms with Gasteiger partial charge in [0.1, 0.15) is 11.6 Å². The topological polar surface area (TPSA) is 21.6 Å². The first-order valence-corrected chi connectivity index (χ1v) is 3.53. The smallest absolute Gasteiger partial charge is 0.130 e. The number of hydrogen-bond donors (Lipinski definition) is 0. The standard InChI is InChI=1S/C9H10FNO/c1-11-6-7-3-4-8(10)5-9(7)12-2/h3-6H,1-2H3. The van der Waals surface area contributed by atoms with E-state index in [0.717, 1.165) is 5.56 Å². The van der Waals surface area contributed by atoms with E-state index >= 15 is 0 Å². The summed E-state index contributed by atoms with van der Waals surface area (Å²) in [5.41, 5.74) is 0.779. The van der Waals surface area contributed by atoms with Crippen LogP contribution in [0.5, 0.6) is 5.75 Å². The zero-order valence-electron chi connectivity index (χ0n) is 7.04. The van der Waals surface area contributed by atoms with Gasteiger partial charge in [-0.05, 0) is 12.1 Å². The normalized spacial score (nSPS) is 10.6. The molecule has 2 nitrogen and oxygen atoms in total. The zero-order chi connectivity index (χ0) is 8.97. The first-order chi connectivity index (χ1) is 5.77. The molecule has 0 amide bonds. The van der Waals surface area contributed by atoms with Crippen molar-refractivity contribution in [3.8, 4) is 5.75 Å². The summed E-state index contributed by atoms with van der Waals surface area (Å²) in [6, 6.07) is 4.33. The first kappa shape index (κ1) is 8.71. The molecule has 0 fully saturated rings. The highest BCUT2D eigenvalue weighted by molar-refractivity contribution is 5.83. The Morgan fingerprint density at radius 3 is 2.83 bits per heavy atom.